The minimum Gasteiger partial charge on any atom is -0.430 e. The van der Waals surface area contributed by atoms with E-state index >= 15 is 0 Å². The van der Waals surface area contributed by atoms with Crippen molar-refractivity contribution in [2.24, 2.45) is 0 Å². The van der Waals surface area contributed by atoms with E-state index in [4.69, 9.17) is 21.1 Å². The highest BCUT2D eigenvalue weighted by atomic mass is 35.5. The standard InChI is InChI=1S/C17H19ClN2O5/c1-2-14(21)19-13-9-11(18)3-4-12(13)15(22)20-7-5-17(6-8-20)10-24-16(23)25-17/h3-4,9H,2,5-8,10H2,1H3,(H,19,21). The third-order valence-electron chi connectivity index (χ3n) is 4.52. The second kappa shape index (κ2) is 6.92. The van der Waals surface area contributed by atoms with Gasteiger partial charge in [0, 0.05) is 37.4 Å². The van der Waals surface area contributed by atoms with Gasteiger partial charge in [0.1, 0.15) is 6.61 Å². The van der Waals surface area contributed by atoms with E-state index in [2.05, 4.69) is 5.32 Å². The Morgan fingerprint density at radius 1 is 1.32 bits per heavy atom. The Kier molecular flexibility index (Phi) is 4.85. The fraction of sp³-hybridized carbons (Fsp3) is 0.471. The van der Waals surface area contributed by atoms with Crippen molar-refractivity contribution in [1.82, 2.24) is 4.90 Å². The van der Waals surface area contributed by atoms with Crippen LogP contribution >= 0.6 is 11.6 Å². The van der Waals surface area contributed by atoms with E-state index in [9.17, 15) is 14.4 Å². The van der Waals surface area contributed by atoms with Crippen molar-refractivity contribution in [2.45, 2.75) is 31.8 Å². The third kappa shape index (κ3) is 3.71. The second-order valence-corrected chi connectivity index (χ2v) is 6.64. The molecule has 8 heteroatoms. The van der Waals surface area contributed by atoms with Gasteiger partial charge in [0.25, 0.3) is 5.91 Å². The molecule has 1 aromatic rings. The Hall–Kier alpha value is -2.28. The van der Waals surface area contributed by atoms with Crippen LogP contribution in [-0.2, 0) is 14.3 Å². The zero-order valence-corrected chi connectivity index (χ0v) is 14.6. The first-order chi connectivity index (χ1) is 11.9. The van der Waals surface area contributed by atoms with Crippen LogP contribution in [0.3, 0.4) is 0 Å². The summed E-state index contributed by atoms with van der Waals surface area (Å²) in [6.45, 7) is 2.85. The van der Waals surface area contributed by atoms with Crippen molar-refractivity contribution < 1.29 is 23.9 Å². The zero-order valence-electron chi connectivity index (χ0n) is 13.8. The Bertz CT molecular complexity index is 713. The molecular weight excluding hydrogens is 348 g/mol. The van der Waals surface area contributed by atoms with Crippen molar-refractivity contribution in [1.29, 1.82) is 0 Å². The summed E-state index contributed by atoms with van der Waals surface area (Å²) in [6, 6.07) is 4.80. The molecular formula is C17H19ClN2O5. The van der Waals surface area contributed by atoms with Gasteiger partial charge in [-0.1, -0.05) is 18.5 Å². The summed E-state index contributed by atoms with van der Waals surface area (Å²) in [7, 11) is 0. The lowest BCUT2D eigenvalue weighted by Gasteiger charge is -2.36. The lowest BCUT2D eigenvalue weighted by Crippen LogP contribution is -2.48. The number of benzene rings is 1. The number of rotatable bonds is 3. The van der Waals surface area contributed by atoms with E-state index in [-0.39, 0.29) is 18.4 Å². The first-order valence-electron chi connectivity index (χ1n) is 8.17. The quantitative estimate of drug-likeness (QED) is 0.831. The van der Waals surface area contributed by atoms with Crippen molar-refractivity contribution in [3.05, 3.63) is 28.8 Å². The predicted molar refractivity (Wildman–Crippen MR) is 90.7 cm³/mol. The third-order valence-corrected chi connectivity index (χ3v) is 4.76. The molecule has 1 spiro atoms. The fourth-order valence-corrected chi connectivity index (χ4v) is 3.18. The number of halogens is 1. The van der Waals surface area contributed by atoms with E-state index in [1.165, 1.54) is 0 Å². The Balaban J connectivity index is 1.73. The highest BCUT2D eigenvalue weighted by molar-refractivity contribution is 6.31. The number of cyclic esters (lactones) is 1. The Morgan fingerprint density at radius 3 is 2.64 bits per heavy atom. The summed E-state index contributed by atoms with van der Waals surface area (Å²) >= 11 is 5.99. The second-order valence-electron chi connectivity index (χ2n) is 6.21. The number of carbonyl (C=O) groups is 3. The molecule has 7 nitrogen and oxygen atoms in total. The molecule has 0 aliphatic carbocycles. The number of likely N-dealkylation sites (tertiary alicyclic amines) is 1. The van der Waals surface area contributed by atoms with Gasteiger partial charge in [-0.05, 0) is 18.2 Å². The normalized spacial score (nSPS) is 18.6. The summed E-state index contributed by atoms with van der Waals surface area (Å²) in [5.41, 5.74) is 0.176. The van der Waals surface area contributed by atoms with E-state index in [1.807, 2.05) is 0 Å². The van der Waals surface area contributed by atoms with Crippen LogP contribution < -0.4 is 5.32 Å². The maximum atomic E-state index is 12.9. The molecule has 0 aromatic heterocycles. The van der Waals surface area contributed by atoms with Crippen LogP contribution in [0.15, 0.2) is 18.2 Å². The van der Waals surface area contributed by atoms with Crippen molar-refractivity contribution in [3.63, 3.8) is 0 Å². The van der Waals surface area contributed by atoms with Crippen LogP contribution in [0.5, 0.6) is 0 Å². The molecule has 2 aliphatic rings. The van der Waals surface area contributed by atoms with Crippen LogP contribution in [-0.4, -0.2) is 48.2 Å². The van der Waals surface area contributed by atoms with Crippen LogP contribution in [0.25, 0.3) is 0 Å². The monoisotopic (exact) mass is 366 g/mol. The van der Waals surface area contributed by atoms with Crippen LogP contribution in [0.4, 0.5) is 10.5 Å². The number of ether oxygens (including phenoxy) is 2. The number of nitrogens with one attached hydrogen (secondary N) is 1. The van der Waals surface area contributed by atoms with Gasteiger partial charge in [0.2, 0.25) is 5.91 Å². The molecule has 0 atom stereocenters. The molecule has 2 saturated heterocycles. The molecule has 0 bridgehead atoms. The molecule has 2 fully saturated rings. The lowest BCUT2D eigenvalue weighted by molar-refractivity contribution is -0.115. The number of anilines is 1. The maximum absolute atomic E-state index is 12.9. The Labute approximate surface area is 150 Å². The molecule has 2 amide bonds. The highest BCUT2D eigenvalue weighted by Gasteiger charge is 2.45. The number of amides is 2. The van der Waals surface area contributed by atoms with Crippen LogP contribution in [0.1, 0.15) is 36.5 Å². The van der Waals surface area contributed by atoms with Gasteiger partial charge in [0.05, 0.1) is 11.3 Å². The van der Waals surface area contributed by atoms with E-state index in [0.29, 0.717) is 48.6 Å². The average Bonchev–Trinajstić information content (AvgIpc) is 2.95. The minimum absolute atomic E-state index is 0.191. The number of piperidine rings is 1. The van der Waals surface area contributed by atoms with Crippen LogP contribution in [0.2, 0.25) is 5.02 Å². The lowest BCUT2D eigenvalue weighted by atomic mass is 9.92. The predicted octanol–water partition coefficient (Wildman–Crippen LogP) is 2.83. The first-order valence-corrected chi connectivity index (χ1v) is 8.55. The zero-order chi connectivity index (χ0) is 18.0. The highest BCUT2D eigenvalue weighted by Crippen LogP contribution is 2.33. The summed E-state index contributed by atoms with van der Waals surface area (Å²) < 4.78 is 10.1. The van der Waals surface area contributed by atoms with E-state index in [1.54, 1.807) is 30.0 Å². The van der Waals surface area contributed by atoms with E-state index in [0.717, 1.165) is 0 Å². The largest absolute Gasteiger partial charge is 0.509 e. The SMILES string of the molecule is CCC(=O)Nc1cc(Cl)ccc1C(=O)N1CCC2(CC1)COC(=O)O2. The smallest absolute Gasteiger partial charge is 0.430 e. The minimum atomic E-state index is -0.651. The van der Waals surface area contributed by atoms with Gasteiger partial charge in [0.15, 0.2) is 5.60 Å². The van der Waals surface area contributed by atoms with Gasteiger partial charge < -0.3 is 19.7 Å². The molecule has 0 saturated carbocycles. The fourth-order valence-electron chi connectivity index (χ4n) is 3.01. The average molecular weight is 367 g/mol. The van der Waals surface area contributed by atoms with Crippen molar-refractivity contribution >= 4 is 35.3 Å². The topological polar surface area (TPSA) is 84.9 Å². The molecule has 0 radical (unpaired) electrons. The number of carbonyl (C=O) groups excluding carboxylic acids is 3. The molecule has 1 N–H and O–H groups in total. The van der Waals surface area contributed by atoms with Gasteiger partial charge in [-0.15, -0.1) is 0 Å². The van der Waals surface area contributed by atoms with E-state index < -0.39 is 11.8 Å². The molecule has 3 rings (SSSR count). The number of hydrogen-bond acceptors (Lipinski definition) is 5. The van der Waals surface area contributed by atoms with Gasteiger partial charge >= 0.3 is 6.16 Å². The number of nitrogens with zero attached hydrogens (tertiary/aromatic N) is 1. The summed E-state index contributed by atoms with van der Waals surface area (Å²) in [6.07, 6.45) is 0.698. The van der Waals surface area contributed by atoms with Crippen LogP contribution in [0, 0.1) is 0 Å². The number of hydrogen-bond donors (Lipinski definition) is 1. The summed E-state index contributed by atoms with van der Waals surface area (Å²) in [4.78, 5) is 37.4. The summed E-state index contributed by atoms with van der Waals surface area (Å²) in [5.74, 6) is -0.382. The van der Waals surface area contributed by atoms with Crippen molar-refractivity contribution in [3.8, 4) is 0 Å². The van der Waals surface area contributed by atoms with Gasteiger partial charge in [-0.25, -0.2) is 4.79 Å². The maximum Gasteiger partial charge on any atom is 0.509 e. The molecule has 25 heavy (non-hydrogen) atoms. The summed E-state index contributed by atoms with van der Waals surface area (Å²) in [5, 5.41) is 3.16. The Morgan fingerprint density at radius 2 is 2.04 bits per heavy atom. The van der Waals surface area contributed by atoms with Crippen molar-refractivity contribution in [2.75, 3.05) is 25.0 Å². The molecule has 134 valence electrons. The van der Waals surface area contributed by atoms with Gasteiger partial charge in [-0.3, -0.25) is 9.59 Å². The molecule has 2 heterocycles. The molecule has 2 aliphatic heterocycles. The van der Waals surface area contributed by atoms with Gasteiger partial charge in [-0.2, -0.15) is 0 Å². The molecule has 1 aromatic carbocycles. The molecule has 0 unspecified atom stereocenters. The first kappa shape index (κ1) is 17.5.